The van der Waals surface area contributed by atoms with Crippen molar-refractivity contribution in [1.29, 1.82) is 0 Å². The lowest BCUT2D eigenvalue weighted by Crippen LogP contribution is -2.15. The van der Waals surface area contributed by atoms with E-state index in [2.05, 4.69) is 6.92 Å². The first-order valence-electron chi connectivity index (χ1n) is 8.99. The highest BCUT2D eigenvalue weighted by Gasteiger charge is 2.27. The van der Waals surface area contributed by atoms with Crippen molar-refractivity contribution < 1.29 is 19.8 Å². The van der Waals surface area contributed by atoms with Gasteiger partial charge in [0.1, 0.15) is 0 Å². The summed E-state index contributed by atoms with van der Waals surface area (Å²) >= 11 is 0. The van der Waals surface area contributed by atoms with E-state index >= 15 is 0 Å². The number of aliphatic hydroxyl groups excluding tert-OH is 1. The molecule has 0 heterocycles. The van der Waals surface area contributed by atoms with Gasteiger partial charge in [0.25, 0.3) is 0 Å². The van der Waals surface area contributed by atoms with Crippen LogP contribution in [0.5, 0.6) is 0 Å². The molecule has 0 aromatic carbocycles. The summed E-state index contributed by atoms with van der Waals surface area (Å²) in [7, 11) is 0. The minimum atomic E-state index is -0.779. The van der Waals surface area contributed by atoms with Crippen molar-refractivity contribution in [2.75, 3.05) is 0 Å². The number of hydrogen-bond acceptors (Lipinski definition) is 3. The number of carboxylic acid groups (broad SMARTS) is 1. The molecule has 0 fully saturated rings. The third kappa shape index (κ3) is 8.25. The molecule has 4 nitrogen and oxygen atoms in total. The van der Waals surface area contributed by atoms with E-state index in [1.54, 1.807) is 12.2 Å². The van der Waals surface area contributed by atoms with Crippen LogP contribution in [0.3, 0.4) is 0 Å². The van der Waals surface area contributed by atoms with Crippen molar-refractivity contribution in [1.82, 2.24) is 0 Å². The van der Waals surface area contributed by atoms with Crippen LogP contribution in [0.1, 0.15) is 58.3 Å². The highest BCUT2D eigenvalue weighted by molar-refractivity contribution is 5.94. The summed E-state index contributed by atoms with van der Waals surface area (Å²) in [5.41, 5.74) is 0. The van der Waals surface area contributed by atoms with Crippen LogP contribution < -0.4 is 0 Å². The van der Waals surface area contributed by atoms with Crippen LogP contribution in [0, 0.1) is 11.8 Å². The minimum Gasteiger partial charge on any atom is -0.481 e. The van der Waals surface area contributed by atoms with Gasteiger partial charge < -0.3 is 10.2 Å². The molecule has 1 aliphatic carbocycles. The van der Waals surface area contributed by atoms with Gasteiger partial charge in [0.2, 0.25) is 0 Å². The molecule has 0 aliphatic heterocycles. The van der Waals surface area contributed by atoms with Crippen molar-refractivity contribution in [2.24, 2.45) is 11.8 Å². The molecule has 0 aromatic heterocycles. The molecule has 3 atom stereocenters. The molecule has 4 heteroatoms. The van der Waals surface area contributed by atoms with Crippen LogP contribution in [0.15, 0.2) is 36.5 Å². The molecule has 0 unspecified atom stereocenters. The molecular weight excluding hydrogens is 304 g/mol. The first-order chi connectivity index (χ1) is 11.5. The molecule has 0 saturated heterocycles. The summed E-state index contributed by atoms with van der Waals surface area (Å²) in [5.74, 6) is -0.442. The van der Waals surface area contributed by atoms with Crippen molar-refractivity contribution in [3.05, 3.63) is 36.5 Å². The molecule has 0 saturated carbocycles. The van der Waals surface area contributed by atoms with Crippen molar-refractivity contribution in [2.45, 2.75) is 64.4 Å². The maximum Gasteiger partial charge on any atom is 0.303 e. The monoisotopic (exact) mass is 334 g/mol. The van der Waals surface area contributed by atoms with Gasteiger partial charge in [0, 0.05) is 18.3 Å². The van der Waals surface area contributed by atoms with Crippen molar-refractivity contribution in [3.63, 3.8) is 0 Å². The predicted octanol–water partition coefficient (Wildman–Crippen LogP) is 4.06. The van der Waals surface area contributed by atoms with Crippen LogP contribution in [0.2, 0.25) is 0 Å². The maximum absolute atomic E-state index is 11.9. The van der Waals surface area contributed by atoms with Crippen LogP contribution in [0.4, 0.5) is 0 Å². The lowest BCUT2D eigenvalue weighted by Gasteiger charge is -2.15. The normalized spacial score (nSPS) is 22.0. The van der Waals surface area contributed by atoms with Gasteiger partial charge in [-0.2, -0.15) is 0 Å². The number of carbonyl (C=O) groups is 2. The largest absolute Gasteiger partial charge is 0.481 e. The van der Waals surface area contributed by atoms with E-state index < -0.39 is 12.1 Å². The van der Waals surface area contributed by atoms with E-state index in [4.69, 9.17) is 5.11 Å². The summed E-state index contributed by atoms with van der Waals surface area (Å²) in [6.45, 7) is 2.15. The molecular formula is C20H30O4. The number of aliphatic hydroxyl groups is 1. The van der Waals surface area contributed by atoms with E-state index in [0.717, 1.165) is 25.7 Å². The van der Waals surface area contributed by atoms with Gasteiger partial charge in [-0.25, -0.2) is 0 Å². The number of carboxylic acids is 1. The second-order valence-electron chi connectivity index (χ2n) is 6.39. The zero-order valence-electron chi connectivity index (χ0n) is 14.6. The predicted molar refractivity (Wildman–Crippen MR) is 95.7 cm³/mol. The first kappa shape index (κ1) is 20.4. The Balaban J connectivity index is 2.32. The molecule has 0 aromatic rings. The summed E-state index contributed by atoms with van der Waals surface area (Å²) in [5, 5.41) is 18.5. The molecule has 0 amide bonds. The van der Waals surface area contributed by atoms with E-state index in [0.29, 0.717) is 19.3 Å². The summed E-state index contributed by atoms with van der Waals surface area (Å²) in [6.07, 6.45) is 16.8. The number of aliphatic carboxylic acids is 1. The molecule has 134 valence electrons. The third-order valence-electron chi connectivity index (χ3n) is 4.29. The van der Waals surface area contributed by atoms with Gasteiger partial charge in [0.15, 0.2) is 5.78 Å². The second kappa shape index (κ2) is 11.8. The number of hydrogen-bond donors (Lipinski definition) is 2. The van der Waals surface area contributed by atoms with Gasteiger partial charge >= 0.3 is 5.97 Å². The van der Waals surface area contributed by atoms with E-state index in [-0.39, 0.29) is 24.0 Å². The Morgan fingerprint density at radius 1 is 1.29 bits per heavy atom. The number of carbonyl (C=O) groups excluding carboxylic acids is 1. The van der Waals surface area contributed by atoms with E-state index in [9.17, 15) is 14.7 Å². The quantitative estimate of drug-likeness (QED) is 0.417. The van der Waals surface area contributed by atoms with Crippen LogP contribution in [-0.4, -0.2) is 28.1 Å². The molecule has 0 spiro atoms. The molecule has 2 N–H and O–H groups in total. The average molecular weight is 334 g/mol. The zero-order chi connectivity index (χ0) is 17.8. The molecule has 1 aliphatic rings. The minimum absolute atomic E-state index is 0.0339. The summed E-state index contributed by atoms with van der Waals surface area (Å²) < 4.78 is 0. The molecule has 24 heavy (non-hydrogen) atoms. The van der Waals surface area contributed by atoms with Crippen LogP contribution in [-0.2, 0) is 9.59 Å². The second-order valence-corrected chi connectivity index (χ2v) is 6.39. The number of ketones is 1. The highest BCUT2D eigenvalue weighted by atomic mass is 16.4. The summed E-state index contributed by atoms with van der Waals surface area (Å²) in [4.78, 5) is 22.3. The fourth-order valence-electron chi connectivity index (χ4n) is 2.86. The Hall–Kier alpha value is -1.68. The van der Waals surface area contributed by atoms with Gasteiger partial charge in [-0.1, -0.05) is 56.6 Å². The van der Waals surface area contributed by atoms with Gasteiger partial charge in [0.05, 0.1) is 6.10 Å². The Kier molecular flexibility index (Phi) is 10.0. The van der Waals surface area contributed by atoms with Crippen molar-refractivity contribution in [3.8, 4) is 0 Å². The lowest BCUT2D eigenvalue weighted by molar-refractivity contribution is -0.137. The zero-order valence-corrected chi connectivity index (χ0v) is 14.6. The standard InChI is InChI=1S/C20H30O4/c1-2-3-6-10-18-16(13-15-19(18)22)12-14-17(21)9-7-4-5-8-11-20(23)24/h4,7,12-18,21H,2-3,5-6,8-11H2,1H3,(H,23,24)/b7-4-,14-12+/t16-,17-,18+/m1/s1. The number of unbranched alkanes of at least 4 members (excludes halogenated alkanes) is 3. The average Bonchev–Trinajstić information content (AvgIpc) is 2.89. The lowest BCUT2D eigenvalue weighted by atomic mass is 9.89. The Labute approximate surface area is 145 Å². The Morgan fingerprint density at radius 3 is 2.79 bits per heavy atom. The third-order valence-corrected chi connectivity index (χ3v) is 4.29. The SMILES string of the molecule is CCCCC[C@@H]1C(=O)C=C[C@H]1/C=C/[C@H](O)C/C=C\CCCC(=O)O. The molecule has 1 rings (SSSR count). The van der Waals surface area contributed by atoms with Gasteiger partial charge in [-0.15, -0.1) is 0 Å². The fourth-order valence-corrected chi connectivity index (χ4v) is 2.86. The molecule has 0 bridgehead atoms. The van der Waals surface area contributed by atoms with E-state index in [1.165, 1.54) is 0 Å². The van der Waals surface area contributed by atoms with Gasteiger partial charge in [-0.3, -0.25) is 9.59 Å². The molecule has 0 radical (unpaired) electrons. The number of rotatable bonds is 12. The van der Waals surface area contributed by atoms with Crippen LogP contribution >= 0.6 is 0 Å². The van der Waals surface area contributed by atoms with Crippen LogP contribution in [0.25, 0.3) is 0 Å². The Bertz CT molecular complexity index is 476. The van der Waals surface area contributed by atoms with Crippen molar-refractivity contribution >= 4 is 11.8 Å². The smallest absolute Gasteiger partial charge is 0.303 e. The fraction of sp³-hybridized carbons (Fsp3) is 0.600. The topological polar surface area (TPSA) is 74.6 Å². The Morgan fingerprint density at radius 2 is 2.08 bits per heavy atom. The maximum atomic E-state index is 11.9. The highest BCUT2D eigenvalue weighted by Crippen LogP contribution is 2.28. The van der Waals surface area contributed by atoms with E-state index in [1.807, 2.05) is 24.3 Å². The summed E-state index contributed by atoms with van der Waals surface area (Å²) in [6, 6.07) is 0. The number of allylic oxidation sites excluding steroid dienone is 4. The van der Waals surface area contributed by atoms with Gasteiger partial charge in [-0.05, 0) is 31.8 Å². The first-order valence-corrected chi connectivity index (χ1v) is 8.99.